The molecule has 0 saturated heterocycles. The summed E-state index contributed by atoms with van der Waals surface area (Å²) < 4.78 is 5.45. The van der Waals surface area contributed by atoms with Gasteiger partial charge in [0.2, 0.25) is 11.8 Å². The Bertz CT molecular complexity index is 247. The Labute approximate surface area is 78.7 Å². The Morgan fingerprint density at radius 3 is 2.85 bits per heavy atom. The molecule has 0 aliphatic heterocycles. The first-order chi connectivity index (χ1) is 6.27. The van der Waals surface area contributed by atoms with Crippen molar-refractivity contribution in [2.24, 2.45) is 0 Å². The van der Waals surface area contributed by atoms with Gasteiger partial charge < -0.3 is 9.73 Å². The summed E-state index contributed by atoms with van der Waals surface area (Å²) in [4.78, 5) is 0. The van der Waals surface area contributed by atoms with Crippen LogP contribution in [0.1, 0.15) is 44.5 Å². The summed E-state index contributed by atoms with van der Waals surface area (Å²) in [6, 6.07) is 0.142. The van der Waals surface area contributed by atoms with Crippen molar-refractivity contribution in [1.29, 1.82) is 0 Å². The second-order valence-corrected chi connectivity index (χ2v) is 3.15. The molecule has 1 rings (SSSR count). The Balaban J connectivity index is 2.53. The third kappa shape index (κ3) is 2.81. The molecule has 1 aromatic heterocycles. The van der Waals surface area contributed by atoms with E-state index in [-0.39, 0.29) is 6.04 Å². The summed E-state index contributed by atoms with van der Waals surface area (Å²) in [5, 5.41) is 11.0. The average Bonchev–Trinajstić information content (AvgIpc) is 2.62. The van der Waals surface area contributed by atoms with Gasteiger partial charge in [0.15, 0.2) is 0 Å². The van der Waals surface area contributed by atoms with Crippen LogP contribution in [-0.2, 0) is 6.42 Å². The van der Waals surface area contributed by atoms with Crippen LogP contribution in [0.5, 0.6) is 0 Å². The van der Waals surface area contributed by atoms with Crippen molar-refractivity contribution in [2.75, 3.05) is 7.05 Å². The van der Waals surface area contributed by atoms with Gasteiger partial charge in [-0.05, 0) is 20.4 Å². The van der Waals surface area contributed by atoms with E-state index in [0.29, 0.717) is 5.89 Å². The quantitative estimate of drug-likeness (QED) is 0.754. The second kappa shape index (κ2) is 4.97. The molecule has 0 aliphatic carbocycles. The van der Waals surface area contributed by atoms with Crippen LogP contribution in [0.3, 0.4) is 0 Å². The van der Waals surface area contributed by atoms with Gasteiger partial charge in [0.05, 0.1) is 6.04 Å². The molecule has 13 heavy (non-hydrogen) atoms. The minimum atomic E-state index is 0.142. The minimum Gasteiger partial charge on any atom is -0.424 e. The van der Waals surface area contributed by atoms with Crippen molar-refractivity contribution in [3.63, 3.8) is 0 Å². The molecule has 1 aromatic rings. The number of aromatic nitrogens is 2. The van der Waals surface area contributed by atoms with Crippen LogP contribution >= 0.6 is 0 Å². The molecule has 0 fully saturated rings. The fourth-order valence-electron chi connectivity index (χ4n) is 0.994. The van der Waals surface area contributed by atoms with Gasteiger partial charge in [-0.3, -0.25) is 0 Å². The maximum absolute atomic E-state index is 5.45. The number of rotatable bonds is 5. The third-order valence-corrected chi connectivity index (χ3v) is 2.03. The van der Waals surface area contributed by atoms with E-state index < -0.39 is 0 Å². The zero-order valence-electron chi connectivity index (χ0n) is 8.50. The van der Waals surface area contributed by atoms with E-state index in [1.807, 2.05) is 14.0 Å². The van der Waals surface area contributed by atoms with Crippen molar-refractivity contribution in [3.8, 4) is 0 Å². The van der Waals surface area contributed by atoms with Crippen molar-refractivity contribution in [3.05, 3.63) is 11.8 Å². The number of nitrogens with one attached hydrogen (secondary N) is 1. The average molecular weight is 183 g/mol. The highest BCUT2D eigenvalue weighted by Gasteiger charge is 2.10. The summed E-state index contributed by atoms with van der Waals surface area (Å²) in [7, 11) is 1.88. The Hall–Kier alpha value is -0.900. The van der Waals surface area contributed by atoms with Crippen LogP contribution in [-0.4, -0.2) is 17.2 Å². The normalized spacial score (nSPS) is 13.2. The van der Waals surface area contributed by atoms with Gasteiger partial charge in [0, 0.05) is 6.42 Å². The third-order valence-electron chi connectivity index (χ3n) is 2.03. The van der Waals surface area contributed by atoms with Gasteiger partial charge in [-0.25, -0.2) is 0 Å². The van der Waals surface area contributed by atoms with E-state index in [1.165, 1.54) is 0 Å². The first-order valence-corrected chi connectivity index (χ1v) is 4.77. The lowest BCUT2D eigenvalue weighted by atomic mass is 10.2. The predicted octanol–water partition coefficient (Wildman–Crippen LogP) is 1.69. The van der Waals surface area contributed by atoms with E-state index in [0.717, 1.165) is 25.2 Å². The molecular weight excluding hydrogens is 166 g/mol. The van der Waals surface area contributed by atoms with Gasteiger partial charge in [0.1, 0.15) is 0 Å². The molecule has 74 valence electrons. The summed E-state index contributed by atoms with van der Waals surface area (Å²) in [5.74, 6) is 1.42. The van der Waals surface area contributed by atoms with Crippen molar-refractivity contribution in [1.82, 2.24) is 15.5 Å². The highest BCUT2D eigenvalue weighted by atomic mass is 16.4. The van der Waals surface area contributed by atoms with Crippen molar-refractivity contribution >= 4 is 0 Å². The predicted molar refractivity (Wildman–Crippen MR) is 50.4 cm³/mol. The number of hydrogen-bond acceptors (Lipinski definition) is 4. The van der Waals surface area contributed by atoms with Crippen LogP contribution < -0.4 is 5.32 Å². The first-order valence-electron chi connectivity index (χ1n) is 4.77. The Morgan fingerprint density at radius 2 is 2.23 bits per heavy atom. The topological polar surface area (TPSA) is 51.0 Å². The molecule has 0 saturated carbocycles. The van der Waals surface area contributed by atoms with Crippen LogP contribution in [0.25, 0.3) is 0 Å². The lowest BCUT2D eigenvalue weighted by Gasteiger charge is -2.02. The largest absolute Gasteiger partial charge is 0.424 e. The molecule has 0 spiro atoms. The van der Waals surface area contributed by atoms with E-state index in [2.05, 4.69) is 22.4 Å². The number of aryl methyl sites for hydroxylation is 1. The van der Waals surface area contributed by atoms with Crippen LogP contribution in [0.15, 0.2) is 4.42 Å². The molecule has 0 bridgehead atoms. The zero-order valence-corrected chi connectivity index (χ0v) is 8.50. The maximum Gasteiger partial charge on any atom is 0.233 e. The first kappa shape index (κ1) is 10.2. The molecule has 4 heteroatoms. The lowest BCUT2D eigenvalue weighted by molar-refractivity contribution is 0.402. The smallest absolute Gasteiger partial charge is 0.233 e. The molecule has 1 unspecified atom stereocenters. The molecule has 1 atom stereocenters. The zero-order chi connectivity index (χ0) is 9.68. The van der Waals surface area contributed by atoms with Crippen LogP contribution in [0, 0.1) is 0 Å². The summed E-state index contributed by atoms with van der Waals surface area (Å²) in [5.41, 5.74) is 0. The van der Waals surface area contributed by atoms with Gasteiger partial charge in [-0.2, -0.15) is 0 Å². The second-order valence-electron chi connectivity index (χ2n) is 3.15. The highest BCUT2D eigenvalue weighted by Crippen LogP contribution is 2.11. The van der Waals surface area contributed by atoms with Gasteiger partial charge in [-0.15, -0.1) is 10.2 Å². The van der Waals surface area contributed by atoms with E-state index in [9.17, 15) is 0 Å². The van der Waals surface area contributed by atoms with Crippen LogP contribution in [0.4, 0.5) is 0 Å². The number of unbranched alkanes of at least 4 members (excludes halogenated alkanes) is 1. The van der Waals surface area contributed by atoms with E-state index >= 15 is 0 Å². The highest BCUT2D eigenvalue weighted by molar-refractivity contribution is 4.87. The molecule has 0 aliphatic rings. The van der Waals surface area contributed by atoms with Crippen LogP contribution in [0.2, 0.25) is 0 Å². The van der Waals surface area contributed by atoms with E-state index in [4.69, 9.17) is 4.42 Å². The summed E-state index contributed by atoms with van der Waals surface area (Å²) in [6.45, 7) is 4.14. The SMILES string of the molecule is CCCCc1nnc(C(C)NC)o1. The van der Waals surface area contributed by atoms with Gasteiger partial charge >= 0.3 is 0 Å². The lowest BCUT2D eigenvalue weighted by Crippen LogP contribution is -2.12. The molecule has 1 N–H and O–H groups in total. The van der Waals surface area contributed by atoms with Gasteiger partial charge in [0.25, 0.3) is 0 Å². The number of hydrogen-bond donors (Lipinski definition) is 1. The summed E-state index contributed by atoms with van der Waals surface area (Å²) in [6.07, 6.45) is 3.15. The number of nitrogens with zero attached hydrogens (tertiary/aromatic N) is 2. The molecule has 1 heterocycles. The van der Waals surface area contributed by atoms with Gasteiger partial charge in [-0.1, -0.05) is 13.3 Å². The van der Waals surface area contributed by atoms with E-state index in [1.54, 1.807) is 0 Å². The standard InChI is InChI=1S/C9H17N3O/c1-4-5-6-8-11-12-9(13-8)7(2)10-3/h7,10H,4-6H2,1-3H3. The molecule has 4 nitrogen and oxygen atoms in total. The van der Waals surface area contributed by atoms with Crippen molar-refractivity contribution < 1.29 is 4.42 Å². The Morgan fingerprint density at radius 1 is 1.46 bits per heavy atom. The molecule has 0 radical (unpaired) electrons. The maximum atomic E-state index is 5.45. The summed E-state index contributed by atoms with van der Waals surface area (Å²) >= 11 is 0. The molecule has 0 aromatic carbocycles. The van der Waals surface area contributed by atoms with Crippen molar-refractivity contribution in [2.45, 2.75) is 39.2 Å². The minimum absolute atomic E-state index is 0.142. The molecular formula is C9H17N3O. The molecule has 0 amide bonds. The monoisotopic (exact) mass is 183 g/mol. The Kier molecular flexibility index (Phi) is 3.89. The fraction of sp³-hybridized carbons (Fsp3) is 0.778. The fourth-order valence-corrected chi connectivity index (χ4v) is 0.994.